The lowest BCUT2D eigenvalue weighted by atomic mass is 9.86. The van der Waals surface area contributed by atoms with Crippen LogP contribution in [0, 0.1) is 0 Å². The second-order valence-electron chi connectivity index (χ2n) is 7.54. The van der Waals surface area contributed by atoms with E-state index in [1.165, 1.54) is 24.2 Å². The molecule has 0 amide bonds. The van der Waals surface area contributed by atoms with Crippen molar-refractivity contribution in [1.29, 1.82) is 0 Å². The first-order valence-electron chi connectivity index (χ1n) is 7.18. The summed E-state index contributed by atoms with van der Waals surface area (Å²) in [6.07, 6.45) is 2.43. The van der Waals surface area contributed by atoms with Crippen LogP contribution in [0.2, 0.25) is 0 Å². The summed E-state index contributed by atoms with van der Waals surface area (Å²) in [5.74, 6) is 1.68. The van der Waals surface area contributed by atoms with Crippen LogP contribution in [0.4, 0.5) is 0 Å². The molecule has 0 saturated heterocycles. The number of imidazole rings is 1. The van der Waals surface area contributed by atoms with Crippen molar-refractivity contribution in [2.75, 3.05) is 0 Å². The molecule has 1 aromatic rings. The van der Waals surface area contributed by atoms with Crippen molar-refractivity contribution >= 4 is 0 Å². The van der Waals surface area contributed by atoms with E-state index in [1.54, 1.807) is 0 Å². The van der Waals surface area contributed by atoms with Gasteiger partial charge in [-0.05, 0) is 12.3 Å². The Morgan fingerprint density at radius 2 is 1.61 bits per heavy atom. The van der Waals surface area contributed by atoms with Gasteiger partial charge in [0.1, 0.15) is 5.82 Å². The Balaban J connectivity index is 3.26. The summed E-state index contributed by atoms with van der Waals surface area (Å²) in [5, 5.41) is 0. The largest absolute Gasteiger partial charge is 0.345 e. The number of hydrogen-bond donors (Lipinski definition) is 1. The Bertz CT molecular complexity index is 388. The summed E-state index contributed by atoms with van der Waals surface area (Å²) in [6, 6.07) is 0. The molecule has 1 N–H and O–H groups in total. The van der Waals surface area contributed by atoms with Crippen LogP contribution in [-0.2, 0) is 10.8 Å². The van der Waals surface area contributed by atoms with Crippen LogP contribution in [0.1, 0.15) is 91.4 Å². The summed E-state index contributed by atoms with van der Waals surface area (Å²) in [7, 11) is 0. The van der Waals surface area contributed by atoms with Crippen LogP contribution < -0.4 is 0 Å². The van der Waals surface area contributed by atoms with Gasteiger partial charge in [0.2, 0.25) is 0 Å². The third kappa shape index (κ3) is 3.37. The summed E-state index contributed by atoms with van der Waals surface area (Å²) in [5.41, 5.74) is 2.78. The van der Waals surface area contributed by atoms with Crippen molar-refractivity contribution in [2.45, 2.75) is 85.0 Å². The summed E-state index contributed by atoms with van der Waals surface area (Å²) < 4.78 is 0. The molecule has 104 valence electrons. The highest BCUT2D eigenvalue weighted by atomic mass is 15.0. The van der Waals surface area contributed by atoms with Crippen molar-refractivity contribution in [3.05, 3.63) is 17.2 Å². The van der Waals surface area contributed by atoms with E-state index in [1.807, 2.05) is 0 Å². The number of aromatic amines is 1. The van der Waals surface area contributed by atoms with Crippen LogP contribution in [-0.4, -0.2) is 9.97 Å². The molecule has 0 aliphatic rings. The van der Waals surface area contributed by atoms with Crippen LogP contribution in [0.15, 0.2) is 0 Å². The molecule has 1 unspecified atom stereocenters. The molecule has 1 aromatic heterocycles. The van der Waals surface area contributed by atoms with Crippen LogP contribution in [0.3, 0.4) is 0 Å². The van der Waals surface area contributed by atoms with Gasteiger partial charge in [0.25, 0.3) is 0 Å². The number of aromatic nitrogens is 2. The standard InChI is InChI=1S/C16H30N2/c1-9-10-11(2)12-13(15(3,4)5)18-14(17-12)16(6,7)8/h11H,9-10H2,1-8H3,(H,17,18). The fraction of sp³-hybridized carbons (Fsp3) is 0.812. The summed E-state index contributed by atoms with van der Waals surface area (Å²) in [6.45, 7) is 17.9. The van der Waals surface area contributed by atoms with Crippen LogP contribution in [0.5, 0.6) is 0 Å². The first-order chi connectivity index (χ1) is 8.07. The Kier molecular flexibility index (Phi) is 4.30. The first-order valence-corrected chi connectivity index (χ1v) is 7.18. The molecule has 18 heavy (non-hydrogen) atoms. The highest BCUT2D eigenvalue weighted by Gasteiger charge is 2.28. The van der Waals surface area contributed by atoms with Crippen molar-refractivity contribution in [1.82, 2.24) is 9.97 Å². The molecule has 1 rings (SSSR count). The molecule has 0 saturated carbocycles. The Morgan fingerprint density at radius 1 is 1.06 bits per heavy atom. The highest BCUT2D eigenvalue weighted by molar-refractivity contribution is 5.27. The summed E-state index contributed by atoms with van der Waals surface area (Å²) in [4.78, 5) is 8.50. The molecule has 0 fully saturated rings. The van der Waals surface area contributed by atoms with Gasteiger partial charge < -0.3 is 4.98 Å². The van der Waals surface area contributed by atoms with E-state index in [-0.39, 0.29) is 10.8 Å². The van der Waals surface area contributed by atoms with E-state index in [0.29, 0.717) is 5.92 Å². The fourth-order valence-corrected chi connectivity index (χ4v) is 2.25. The Labute approximate surface area is 113 Å². The zero-order valence-electron chi connectivity index (χ0n) is 13.4. The van der Waals surface area contributed by atoms with Crippen molar-refractivity contribution in [3.8, 4) is 0 Å². The molecular formula is C16H30N2. The maximum absolute atomic E-state index is 4.90. The molecule has 2 heteroatoms. The molecule has 0 aliphatic heterocycles. The smallest absolute Gasteiger partial charge is 0.112 e. The van der Waals surface area contributed by atoms with Gasteiger partial charge in [-0.15, -0.1) is 0 Å². The third-order valence-electron chi connectivity index (χ3n) is 3.37. The monoisotopic (exact) mass is 250 g/mol. The second kappa shape index (κ2) is 5.07. The third-order valence-corrected chi connectivity index (χ3v) is 3.37. The van der Waals surface area contributed by atoms with Gasteiger partial charge in [0, 0.05) is 16.5 Å². The normalized spacial score (nSPS) is 14.9. The van der Waals surface area contributed by atoms with E-state index in [4.69, 9.17) is 4.98 Å². The van der Waals surface area contributed by atoms with Gasteiger partial charge in [-0.3, -0.25) is 0 Å². The molecule has 0 radical (unpaired) electrons. The molecule has 0 aliphatic carbocycles. The van der Waals surface area contributed by atoms with E-state index in [2.05, 4.69) is 60.4 Å². The van der Waals surface area contributed by atoms with E-state index < -0.39 is 0 Å². The number of nitrogens with zero attached hydrogens (tertiary/aromatic N) is 1. The van der Waals surface area contributed by atoms with Crippen molar-refractivity contribution < 1.29 is 0 Å². The van der Waals surface area contributed by atoms with Gasteiger partial charge in [-0.25, -0.2) is 4.98 Å². The maximum atomic E-state index is 4.90. The predicted octanol–water partition coefficient (Wildman–Crippen LogP) is 4.91. The topological polar surface area (TPSA) is 28.7 Å². The van der Waals surface area contributed by atoms with E-state index >= 15 is 0 Å². The number of H-pyrrole nitrogens is 1. The molecule has 1 atom stereocenters. The van der Waals surface area contributed by atoms with Gasteiger partial charge in [0.05, 0.1) is 5.69 Å². The average molecular weight is 250 g/mol. The first kappa shape index (κ1) is 15.3. The number of nitrogens with one attached hydrogen (secondary N) is 1. The Morgan fingerprint density at radius 3 is 2.00 bits per heavy atom. The highest BCUT2D eigenvalue weighted by Crippen LogP contribution is 2.33. The molecule has 0 spiro atoms. The van der Waals surface area contributed by atoms with Crippen LogP contribution in [0.25, 0.3) is 0 Å². The lowest BCUT2D eigenvalue weighted by Gasteiger charge is -2.20. The zero-order chi connectivity index (χ0) is 14.1. The van der Waals surface area contributed by atoms with E-state index in [0.717, 1.165) is 5.82 Å². The lowest BCUT2D eigenvalue weighted by molar-refractivity contribution is 0.533. The Hall–Kier alpha value is -0.790. The van der Waals surface area contributed by atoms with Gasteiger partial charge in [-0.2, -0.15) is 0 Å². The number of rotatable bonds is 3. The average Bonchev–Trinajstić information content (AvgIpc) is 2.60. The van der Waals surface area contributed by atoms with Crippen molar-refractivity contribution in [3.63, 3.8) is 0 Å². The van der Waals surface area contributed by atoms with Crippen LogP contribution >= 0.6 is 0 Å². The zero-order valence-corrected chi connectivity index (χ0v) is 13.4. The molecule has 1 heterocycles. The number of hydrogen-bond acceptors (Lipinski definition) is 1. The minimum atomic E-state index is 0.0875. The minimum absolute atomic E-state index is 0.0875. The van der Waals surface area contributed by atoms with Gasteiger partial charge >= 0.3 is 0 Å². The molecule has 0 bridgehead atoms. The fourth-order valence-electron chi connectivity index (χ4n) is 2.25. The SMILES string of the molecule is CCCC(C)c1[nH]c(C(C)(C)C)nc1C(C)(C)C. The predicted molar refractivity (Wildman–Crippen MR) is 79.3 cm³/mol. The quantitative estimate of drug-likeness (QED) is 0.811. The van der Waals surface area contributed by atoms with Gasteiger partial charge in [-0.1, -0.05) is 61.8 Å². The van der Waals surface area contributed by atoms with E-state index in [9.17, 15) is 0 Å². The second-order valence-corrected chi connectivity index (χ2v) is 7.54. The summed E-state index contributed by atoms with van der Waals surface area (Å²) >= 11 is 0. The van der Waals surface area contributed by atoms with Gasteiger partial charge in [0.15, 0.2) is 0 Å². The maximum Gasteiger partial charge on any atom is 0.112 e. The minimum Gasteiger partial charge on any atom is -0.345 e. The molecule has 0 aromatic carbocycles. The lowest BCUT2D eigenvalue weighted by Crippen LogP contribution is -2.16. The molecule has 2 nitrogen and oxygen atoms in total. The molecular weight excluding hydrogens is 220 g/mol. The van der Waals surface area contributed by atoms with Crippen molar-refractivity contribution in [2.24, 2.45) is 0 Å².